The highest BCUT2D eigenvalue weighted by Crippen LogP contribution is 2.23. The molecule has 0 spiro atoms. The third-order valence-corrected chi connectivity index (χ3v) is 3.80. The Kier molecular flexibility index (Phi) is 6.73. The average molecular weight is 276 g/mol. The predicted octanol–water partition coefficient (Wildman–Crippen LogP) is 3.98. The summed E-state index contributed by atoms with van der Waals surface area (Å²) in [5.74, 6) is 0.454. The van der Waals surface area contributed by atoms with Crippen LogP contribution >= 0.6 is 0 Å². The molecule has 0 aromatic heterocycles. The van der Waals surface area contributed by atoms with Gasteiger partial charge >= 0.3 is 0 Å². The average Bonchev–Trinajstić information content (AvgIpc) is 2.44. The molecule has 3 heteroatoms. The van der Waals surface area contributed by atoms with Crippen LogP contribution in [0.25, 0.3) is 0 Å². The quantitative estimate of drug-likeness (QED) is 0.791. The molecule has 2 atom stereocenters. The van der Waals surface area contributed by atoms with Crippen molar-refractivity contribution >= 4 is 11.6 Å². The molecule has 0 heterocycles. The van der Waals surface area contributed by atoms with E-state index in [0.29, 0.717) is 5.92 Å². The monoisotopic (exact) mass is 276 g/mol. The van der Waals surface area contributed by atoms with Gasteiger partial charge in [-0.2, -0.15) is 0 Å². The van der Waals surface area contributed by atoms with Crippen molar-refractivity contribution in [2.45, 2.75) is 47.1 Å². The number of carbonyl (C=O) groups excluding carboxylic acids is 1. The maximum Gasteiger partial charge on any atom is 0.227 e. The van der Waals surface area contributed by atoms with Gasteiger partial charge in [-0.1, -0.05) is 45.9 Å². The Morgan fingerprint density at radius 3 is 2.40 bits per heavy atom. The topological polar surface area (TPSA) is 41.1 Å². The van der Waals surface area contributed by atoms with Crippen LogP contribution in [0.4, 0.5) is 5.69 Å². The second-order valence-corrected chi connectivity index (χ2v) is 5.79. The third-order valence-electron chi connectivity index (χ3n) is 3.80. The number of hydrogen-bond acceptors (Lipinski definition) is 2. The fourth-order valence-corrected chi connectivity index (χ4v) is 2.01. The first kappa shape index (κ1) is 16.7. The lowest BCUT2D eigenvalue weighted by atomic mass is 9.97. The smallest absolute Gasteiger partial charge is 0.227 e. The minimum atomic E-state index is 0.0157. The Bertz CT molecular complexity index is 429. The Morgan fingerprint density at radius 2 is 1.80 bits per heavy atom. The Balaban J connectivity index is 2.82. The molecule has 1 rings (SSSR count). The van der Waals surface area contributed by atoms with Crippen LogP contribution in [0, 0.1) is 11.8 Å². The summed E-state index contributed by atoms with van der Waals surface area (Å²) in [6, 6.07) is 8.26. The van der Waals surface area contributed by atoms with Gasteiger partial charge in [0, 0.05) is 17.6 Å². The molecule has 0 saturated heterocycles. The summed E-state index contributed by atoms with van der Waals surface area (Å²) in [6.45, 7) is 11.4. The molecule has 0 bridgehead atoms. The van der Waals surface area contributed by atoms with Crippen molar-refractivity contribution in [3.8, 4) is 0 Å². The van der Waals surface area contributed by atoms with Crippen molar-refractivity contribution in [3.63, 3.8) is 0 Å². The fourth-order valence-electron chi connectivity index (χ4n) is 2.01. The zero-order valence-electron chi connectivity index (χ0n) is 13.4. The molecule has 3 nitrogen and oxygen atoms in total. The standard InChI is InChI=1S/C17H28N2O/c1-6-11-18-14(5)15-9-7-8-10-16(15)19-17(20)13(4)12(2)3/h7-10,12-14,18H,6,11H2,1-5H3,(H,19,20). The van der Waals surface area contributed by atoms with Crippen LogP contribution < -0.4 is 10.6 Å². The van der Waals surface area contributed by atoms with E-state index in [4.69, 9.17) is 0 Å². The van der Waals surface area contributed by atoms with Crippen LogP contribution in [-0.4, -0.2) is 12.5 Å². The molecule has 0 aliphatic carbocycles. The highest BCUT2D eigenvalue weighted by atomic mass is 16.1. The first-order valence-corrected chi connectivity index (χ1v) is 7.60. The van der Waals surface area contributed by atoms with Gasteiger partial charge in [0.1, 0.15) is 0 Å². The van der Waals surface area contributed by atoms with E-state index in [1.165, 1.54) is 0 Å². The maximum absolute atomic E-state index is 12.2. The highest BCUT2D eigenvalue weighted by molar-refractivity contribution is 5.93. The van der Waals surface area contributed by atoms with E-state index in [2.05, 4.69) is 44.4 Å². The van der Waals surface area contributed by atoms with E-state index in [1.807, 2.05) is 25.1 Å². The summed E-state index contributed by atoms with van der Waals surface area (Å²) < 4.78 is 0. The van der Waals surface area contributed by atoms with Gasteiger partial charge < -0.3 is 10.6 Å². The molecule has 1 amide bonds. The Morgan fingerprint density at radius 1 is 1.15 bits per heavy atom. The van der Waals surface area contributed by atoms with E-state index in [1.54, 1.807) is 0 Å². The van der Waals surface area contributed by atoms with Crippen LogP contribution in [-0.2, 0) is 4.79 Å². The number of anilines is 1. The summed E-state index contributed by atoms with van der Waals surface area (Å²) in [6.07, 6.45) is 1.10. The molecule has 0 saturated carbocycles. The molecule has 1 aromatic rings. The Labute approximate surface area is 123 Å². The summed E-state index contributed by atoms with van der Waals surface area (Å²) in [7, 11) is 0. The van der Waals surface area contributed by atoms with Crippen molar-refractivity contribution in [1.82, 2.24) is 5.32 Å². The molecule has 112 valence electrons. The minimum Gasteiger partial charge on any atom is -0.326 e. The summed E-state index contributed by atoms with van der Waals surface area (Å²) in [4.78, 5) is 12.2. The normalized spacial score (nSPS) is 14.1. The molecule has 1 aromatic carbocycles. The van der Waals surface area contributed by atoms with Gasteiger partial charge in [-0.15, -0.1) is 0 Å². The van der Waals surface area contributed by atoms with Crippen molar-refractivity contribution in [3.05, 3.63) is 29.8 Å². The van der Waals surface area contributed by atoms with E-state index >= 15 is 0 Å². The van der Waals surface area contributed by atoms with Crippen LogP contribution in [0.1, 0.15) is 52.6 Å². The van der Waals surface area contributed by atoms with Crippen LogP contribution in [0.5, 0.6) is 0 Å². The molecular weight excluding hydrogens is 248 g/mol. The van der Waals surface area contributed by atoms with Crippen LogP contribution in [0.15, 0.2) is 24.3 Å². The molecule has 0 fully saturated rings. The lowest BCUT2D eigenvalue weighted by Crippen LogP contribution is -2.26. The van der Waals surface area contributed by atoms with Gasteiger partial charge in [0.05, 0.1) is 0 Å². The molecule has 2 N–H and O–H groups in total. The lowest BCUT2D eigenvalue weighted by molar-refractivity contribution is -0.120. The zero-order chi connectivity index (χ0) is 15.1. The van der Waals surface area contributed by atoms with Gasteiger partial charge in [0.25, 0.3) is 0 Å². The number of hydrogen-bond donors (Lipinski definition) is 2. The van der Waals surface area contributed by atoms with Gasteiger partial charge in [0.15, 0.2) is 0 Å². The van der Waals surface area contributed by atoms with Crippen molar-refractivity contribution in [2.75, 3.05) is 11.9 Å². The number of nitrogens with one attached hydrogen (secondary N) is 2. The largest absolute Gasteiger partial charge is 0.326 e. The number of para-hydroxylation sites is 1. The molecule has 0 aliphatic rings. The molecule has 0 aliphatic heterocycles. The van der Waals surface area contributed by atoms with Crippen LogP contribution in [0.2, 0.25) is 0 Å². The SMILES string of the molecule is CCCNC(C)c1ccccc1NC(=O)C(C)C(C)C. The fraction of sp³-hybridized carbons (Fsp3) is 0.588. The summed E-state index contributed by atoms with van der Waals surface area (Å²) in [5, 5.41) is 6.53. The molecule has 2 unspecified atom stereocenters. The van der Waals surface area contributed by atoms with E-state index in [9.17, 15) is 4.79 Å². The first-order valence-electron chi connectivity index (χ1n) is 7.60. The molecular formula is C17H28N2O. The van der Waals surface area contributed by atoms with Gasteiger partial charge in [-0.25, -0.2) is 0 Å². The zero-order valence-corrected chi connectivity index (χ0v) is 13.4. The van der Waals surface area contributed by atoms with Gasteiger partial charge in [-0.3, -0.25) is 4.79 Å². The maximum atomic E-state index is 12.2. The number of amides is 1. The third kappa shape index (κ3) is 4.64. The van der Waals surface area contributed by atoms with Crippen molar-refractivity contribution < 1.29 is 4.79 Å². The minimum absolute atomic E-state index is 0.0157. The van der Waals surface area contributed by atoms with E-state index in [-0.39, 0.29) is 17.9 Å². The lowest BCUT2D eigenvalue weighted by Gasteiger charge is -2.20. The number of rotatable bonds is 7. The summed E-state index contributed by atoms with van der Waals surface area (Å²) in [5.41, 5.74) is 2.06. The predicted molar refractivity (Wildman–Crippen MR) is 85.8 cm³/mol. The summed E-state index contributed by atoms with van der Waals surface area (Å²) >= 11 is 0. The second kappa shape index (κ2) is 8.05. The number of carbonyl (C=O) groups is 1. The van der Waals surface area contributed by atoms with Crippen molar-refractivity contribution in [1.29, 1.82) is 0 Å². The molecule has 20 heavy (non-hydrogen) atoms. The van der Waals surface area contributed by atoms with Gasteiger partial charge in [-0.05, 0) is 37.4 Å². The van der Waals surface area contributed by atoms with Crippen LogP contribution in [0.3, 0.4) is 0 Å². The number of benzene rings is 1. The molecule has 0 radical (unpaired) electrons. The van der Waals surface area contributed by atoms with E-state index < -0.39 is 0 Å². The first-order chi connectivity index (χ1) is 9.47. The Hall–Kier alpha value is -1.35. The van der Waals surface area contributed by atoms with Crippen molar-refractivity contribution in [2.24, 2.45) is 11.8 Å². The van der Waals surface area contributed by atoms with E-state index in [0.717, 1.165) is 24.2 Å². The highest BCUT2D eigenvalue weighted by Gasteiger charge is 2.18. The van der Waals surface area contributed by atoms with Gasteiger partial charge in [0.2, 0.25) is 5.91 Å². The second-order valence-electron chi connectivity index (χ2n) is 5.79.